The van der Waals surface area contributed by atoms with Crippen LogP contribution in [0.4, 0.5) is 0 Å². The van der Waals surface area contributed by atoms with E-state index in [1.165, 1.54) is 0 Å². The Bertz CT molecular complexity index is 777. The summed E-state index contributed by atoms with van der Waals surface area (Å²) < 4.78 is 0. The minimum atomic E-state index is -1.30. The Hall–Kier alpha value is -3.07. The molecule has 0 rings (SSSR count). The summed E-state index contributed by atoms with van der Waals surface area (Å²) in [6, 6.07) is -4.74. The second-order valence-electron chi connectivity index (χ2n) is 8.00. The average Bonchev–Trinajstić information content (AvgIpc) is 2.79. The number of aliphatic imine (C=N–C) groups is 1. The molecule has 0 aliphatic heterocycles. The first-order valence-electron chi connectivity index (χ1n) is 11.1. The Morgan fingerprint density at radius 1 is 0.943 bits per heavy atom. The topological polar surface area (TPSA) is 252 Å². The highest BCUT2D eigenvalue weighted by Gasteiger charge is 2.31. The van der Waals surface area contributed by atoms with Gasteiger partial charge in [0, 0.05) is 18.7 Å². The fourth-order valence-corrected chi connectivity index (χ4v) is 3.05. The lowest BCUT2D eigenvalue weighted by Crippen LogP contribution is -2.58. The summed E-state index contributed by atoms with van der Waals surface area (Å²) >= 11 is 3.92. The zero-order chi connectivity index (χ0) is 27.1. The number of aliphatic carboxylic acids is 2. The van der Waals surface area contributed by atoms with Gasteiger partial charge in [0.1, 0.15) is 18.1 Å². The van der Waals surface area contributed by atoms with Crippen LogP contribution in [0.15, 0.2) is 4.99 Å². The van der Waals surface area contributed by atoms with Gasteiger partial charge in [-0.1, -0.05) is 20.3 Å². The number of rotatable bonds is 17. The van der Waals surface area contributed by atoms with Gasteiger partial charge in [0.2, 0.25) is 17.7 Å². The van der Waals surface area contributed by atoms with Gasteiger partial charge in [-0.3, -0.25) is 24.2 Å². The summed E-state index contributed by atoms with van der Waals surface area (Å²) in [5.74, 6) is -5.29. The van der Waals surface area contributed by atoms with Crippen LogP contribution in [0.25, 0.3) is 0 Å². The molecule has 0 bridgehead atoms. The van der Waals surface area contributed by atoms with Crippen LogP contribution in [0.2, 0.25) is 0 Å². The molecule has 0 heterocycles. The third-order valence-electron chi connectivity index (χ3n) is 5.17. The van der Waals surface area contributed by atoms with Gasteiger partial charge in [-0.2, -0.15) is 12.6 Å². The molecule has 0 saturated carbocycles. The van der Waals surface area contributed by atoms with E-state index in [1.807, 2.05) is 0 Å². The van der Waals surface area contributed by atoms with Crippen LogP contribution in [-0.2, 0) is 24.0 Å². The molecule has 5 unspecified atom stereocenters. The van der Waals surface area contributed by atoms with E-state index < -0.39 is 60.2 Å². The Balaban J connectivity index is 5.69. The molecule has 0 fully saturated rings. The lowest BCUT2D eigenvalue weighted by atomic mass is 9.98. The summed E-state index contributed by atoms with van der Waals surface area (Å²) in [6.45, 7) is 3.58. The molecule has 200 valence electrons. The second-order valence-corrected chi connectivity index (χ2v) is 8.37. The molecule has 3 amide bonds. The largest absolute Gasteiger partial charge is 0.481 e. The first-order valence-corrected chi connectivity index (χ1v) is 11.7. The van der Waals surface area contributed by atoms with Crippen molar-refractivity contribution in [2.24, 2.45) is 28.1 Å². The Kier molecular flexibility index (Phi) is 15.1. The number of hydrogen-bond donors (Lipinski definition) is 9. The number of guanidine groups is 1. The number of hydrogen-bond acceptors (Lipinski definition) is 8. The zero-order valence-corrected chi connectivity index (χ0v) is 20.8. The van der Waals surface area contributed by atoms with Crippen molar-refractivity contribution in [2.45, 2.75) is 70.1 Å². The molecule has 0 radical (unpaired) electrons. The average molecular weight is 520 g/mol. The van der Waals surface area contributed by atoms with Crippen LogP contribution >= 0.6 is 12.6 Å². The molecule has 35 heavy (non-hydrogen) atoms. The highest BCUT2D eigenvalue weighted by Crippen LogP contribution is 2.10. The van der Waals surface area contributed by atoms with E-state index in [1.54, 1.807) is 13.8 Å². The van der Waals surface area contributed by atoms with Gasteiger partial charge in [0.25, 0.3) is 0 Å². The summed E-state index contributed by atoms with van der Waals surface area (Å²) in [5.41, 5.74) is 16.2. The maximum absolute atomic E-state index is 12.9. The molecule has 0 aromatic rings. The summed E-state index contributed by atoms with van der Waals surface area (Å²) in [7, 11) is 0. The van der Waals surface area contributed by atoms with E-state index in [0.717, 1.165) is 0 Å². The molecular formula is C20H37N7O7S. The quantitative estimate of drug-likeness (QED) is 0.0431. The lowest BCUT2D eigenvalue weighted by Gasteiger charge is -2.26. The number of nitrogens with two attached hydrogens (primary N) is 3. The Morgan fingerprint density at radius 3 is 1.97 bits per heavy atom. The molecule has 0 aliphatic rings. The molecule has 11 N–H and O–H groups in total. The van der Waals surface area contributed by atoms with Crippen LogP contribution in [0.1, 0.15) is 46.0 Å². The number of carboxylic acids is 2. The second kappa shape index (κ2) is 16.5. The number of nitrogens with one attached hydrogen (secondary N) is 3. The van der Waals surface area contributed by atoms with Gasteiger partial charge in [0.15, 0.2) is 5.96 Å². The van der Waals surface area contributed by atoms with E-state index in [0.29, 0.717) is 6.42 Å². The van der Waals surface area contributed by atoms with Crippen LogP contribution in [-0.4, -0.2) is 82.3 Å². The zero-order valence-electron chi connectivity index (χ0n) is 19.9. The normalized spacial score (nSPS) is 15.0. The van der Waals surface area contributed by atoms with Gasteiger partial charge in [-0.15, -0.1) is 0 Å². The van der Waals surface area contributed by atoms with E-state index in [2.05, 4.69) is 33.6 Å². The molecule has 0 saturated heterocycles. The van der Waals surface area contributed by atoms with E-state index in [9.17, 15) is 29.1 Å². The van der Waals surface area contributed by atoms with E-state index in [4.69, 9.17) is 22.3 Å². The van der Waals surface area contributed by atoms with Crippen molar-refractivity contribution in [3.05, 3.63) is 0 Å². The van der Waals surface area contributed by atoms with Crippen molar-refractivity contribution < 1.29 is 34.2 Å². The maximum Gasteiger partial charge on any atom is 0.326 e. The number of carbonyl (C=O) groups excluding carboxylic acids is 3. The predicted molar refractivity (Wildman–Crippen MR) is 131 cm³/mol. The van der Waals surface area contributed by atoms with Gasteiger partial charge in [-0.25, -0.2) is 4.79 Å². The molecule has 0 aliphatic carbocycles. The molecule has 5 atom stereocenters. The fourth-order valence-electron chi connectivity index (χ4n) is 2.88. The molecule has 0 aromatic heterocycles. The maximum atomic E-state index is 12.9. The molecule has 0 spiro atoms. The fraction of sp³-hybridized carbons (Fsp3) is 0.700. The number of amides is 3. The highest BCUT2D eigenvalue weighted by molar-refractivity contribution is 7.80. The summed E-state index contributed by atoms with van der Waals surface area (Å²) in [6.07, 6.45) is 0.0719. The SMILES string of the molecule is CCC(C)C(NC(=O)C(CCCN=C(N)N)NC(=O)C(CCC(=O)O)NC(=O)C(N)CS)C(=O)O. The number of thiol groups is 1. The minimum absolute atomic E-state index is 0.0128. The van der Waals surface area contributed by atoms with E-state index >= 15 is 0 Å². The molecular weight excluding hydrogens is 482 g/mol. The van der Waals surface area contributed by atoms with Crippen molar-refractivity contribution in [3.63, 3.8) is 0 Å². The monoisotopic (exact) mass is 519 g/mol. The molecule has 15 heteroatoms. The minimum Gasteiger partial charge on any atom is -0.481 e. The number of carbonyl (C=O) groups is 5. The van der Waals surface area contributed by atoms with Crippen LogP contribution in [0.3, 0.4) is 0 Å². The van der Waals surface area contributed by atoms with Crippen molar-refractivity contribution >= 4 is 48.2 Å². The van der Waals surface area contributed by atoms with Crippen molar-refractivity contribution in [1.82, 2.24) is 16.0 Å². The van der Waals surface area contributed by atoms with Crippen molar-refractivity contribution in [1.29, 1.82) is 0 Å². The highest BCUT2D eigenvalue weighted by atomic mass is 32.1. The Labute approximate surface area is 209 Å². The van der Waals surface area contributed by atoms with Gasteiger partial charge in [-0.05, 0) is 25.2 Å². The first kappa shape index (κ1) is 31.9. The van der Waals surface area contributed by atoms with E-state index in [-0.39, 0.29) is 43.4 Å². The number of nitrogens with zero attached hydrogens (tertiary/aromatic N) is 1. The standard InChI is InChI=1S/C20H37N7O7S/c1-3-10(2)15(19(33)34)27-18(32)12(5-4-8-24-20(22)23)26-17(31)13(6-7-14(28)29)25-16(30)11(21)9-35/h10-13,15,35H,3-9,21H2,1-2H3,(H,25,30)(H,26,31)(H,27,32)(H,28,29)(H,33,34)(H4,22,23,24). The molecule has 14 nitrogen and oxygen atoms in total. The third-order valence-corrected chi connectivity index (χ3v) is 5.56. The van der Waals surface area contributed by atoms with Gasteiger partial charge in [0.05, 0.1) is 6.04 Å². The number of carboxylic acid groups (broad SMARTS) is 2. The smallest absolute Gasteiger partial charge is 0.326 e. The van der Waals surface area contributed by atoms with Gasteiger partial charge >= 0.3 is 11.9 Å². The van der Waals surface area contributed by atoms with Crippen LogP contribution < -0.4 is 33.2 Å². The first-order chi connectivity index (χ1) is 16.3. The summed E-state index contributed by atoms with van der Waals surface area (Å²) in [4.78, 5) is 64.4. The van der Waals surface area contributed by atoms with Gasteiger partial charge < -0.3 is 43.4 Å². The van der Waals surface area contributed by atoms with Crippen molar-refractivity contribution in [2.75, 3.05) is 12.3 Å². The predicted octanol–water partition coefficient (Wildman–Crippen LogP) is -2.25. The Morgan fingerprint density at radius 2 is 1.49 bits per heavy atom. The lowest BCUT2D eigenvalue weighted by molar-refractivity contribution is -0.144. The molecule has 0 aromatic carbocycles. The third kappa shape index (κ3) is 12.8. The van der Waals surface area contributed by atoms with Crippen molar-refractivity contribution in [3.8, 4) is 0 Å². The van der Waals surface area contributed by atoms with Crippen LogP contribution in [0, 0.1) is 5.92 Å². The van der Waals surface area contributed by atoms with Crippen LogP contribution in [0.5, 0.6) is 0 Å². The summed E-state index contributed by atoms with van der Waals surface area (Å²) in [5, 5.41) is 25.7.